The van der Waals surface area contributed by atoms with E-state index < -0.39 is 17.5 Å². The number of fused-ring (bicyclic) bond motifs is 1. The van der Waals surface area contributed by atoms with Crippen molar-refractivity contribution >= 4 is 39.4 Å². The van der Waals surface area contributed by atoms with Crippen molar-refractivity contribution in [2.24, 2.45) is 0 Å². The lowest BCUT2D eigenvalue weighted by Crippen LogP contribution is -2.51. The van der Waals surface area contributed by atoms with Crippen LogP contribution in [-0.4, -0.2) is 57.9 Å². The van der Waals surface area contributed by atoms with Gasteiger partial charge in [-0.05, 0) is 63.4 Å². The van der Waals surface area contributed by atoms with Crippen LogP contribution in [0.2, 0.25) is 0 Å². The molecule has 3 aromatic rings. The fourth-order valence-corrected chi connectivity index (χ4v) is 5.90. The Morgan fingerprint density at radius 3 is 2.57 bits per heavy atom. The number of carbonyl (C=O) groups is 3. The fourth-order valence-electron chi connectivity index (χ4n) is 4.76. The first-order valence-corrected chi connectivity index (χ1v) is 12.8. The number of likely N-dealkylation sites (tertiary alicyclic amines) is 1. The molecule has 0 spiro atoms. The second kappa shape index (κ2) is 9.75. The topological polar surface area (TPSA) is 94.6 Å². The molecule has 0 saturated carbocycles. The highest BCUT2D eigenvalue weighted by molar-refractivity contribution is 7.18. The molecule has 8 nitrogen and oxygen atoms in total. The summed E-state index contributed by atoms with van der Waals surface area (Å²) < 4.78 is 1.20. The second-order valence-electron chi connectivity index (χ2n) is 9.49. The van der Waals surface area contributed by atoms with E-state index in [9.17, 15) is 14.4 Å². The third kappa shape index (κ3) is 5.06. The smallest absolute Gasteiger partial charge is 0.322 e. The monoisotopic (exact) mass is 491 g/mol. The SMILES string of the molecule is C[C@@]1(CCc2ccccc2)NC(=O)N(NC(=O)CN2CCC(c3nc4ccccc4s3)CC2)C1=O. The van der Waals surface area contributed by atoms with Crippen LogP contribution >= 0.6 is 11.3 Å². The van der Waals surface area contributed by atoms with E-state index in [1.54, 1.807) is 18.3 Å². The number of hydrogen-bond acceptors (Lipinski definition) is 6. The number of nitrogens with one attached hydrogen (secondary N) is 2. The van der Waals surface area contributed by atoms with Gasteiger partial charge in [0.25, 0.3) is 11.8 Å². The molecule has 0 aliphatic carbocycles. The number of piperidine rings is 1. The molecule has 2 N–H and O–H groups in total. The van der Waals surface area contributed by atoms with Gasteiger partial charge < -0.3 is 5.32 Å². The van der Waals surface area contributed by atoms with Gasteiger partial charge in [0.1, 0.15) is 5.54 Å². The van der Waals surface area contributed by atoms with Crippen LogP contribution in [-0.2, 0) is 16.0 Å². The minimum Gasteiger partial charge on any atom is -0.322 e. The summed E-state index contributed by atoms with van der Waals surface area (Å²) >= 11 is 1.75. The van der Waals surface area contributed by atoms with E-state index in [1.807, 2.05) is 48.5 Å². The molecule has 2 aromatic carbocycles. The number of hydrogen-bond donors (Lipinski definition) is 2. The molecule has 9 heteroatoms. The maximum atomic E-state index is 13.0. The first-order chi connectivity index (χ1) is 16.9. The Labute approximate surface area is 208 Å². The molecule has 2 aliphatic rings. The maximum absolute atomic E-state index is 13.0. The highest BCUT2D eigenvalue weighted by atomic mass is 32.1. The molecule has 5 rings (SSSR count). The number of aryl methyl sites for hydroxylation is 1. The Kier molecular flexibility index (Phi) is 6.53. The molecule has 4 amide bonds. The molecule has 0 radical (unpaired) electrons. The molecule has 2 aliphatic heterocycles. The average molecular weight is 492 g/mol. The van der Waals surface area contributed by atoms with Gasteiger partial charge >= 0.3 is 6.03 Å². The number of hydrazine groups is 1. The van der Waals surface area contributed by atoms with Crippen molar-refractivity contribution in [1.29, 1.82) is 0 Å². The molecule has 1 atom stereocenters. The predicted octanol–water partition coefficient (Wildman–Crippen LogP) is 3.45. The molecule has 0 unspecified atom stereocenters. The minimum atomic E-state index is -1.05. The van der Waals surface area contributed by atoms with Gasteiger partial charge in [-0.15, -0.1) is 11.3 Å². The largest absolute Gasteiger partial charge is 0.344 e. The number of para-hydroxylation sites is 1. The molecule has 2 saturated heterocycles. The van der Waals surface area contributed by atoms with Crippen molar-refractivity contribution < 1.29 is 14.4 Å². The first kappa shape index (κ1) is 23.4. The number of rotatable bonds is 7. The molecule has 2 fully saturated rings. The highest BCUT2D eigenvalue weighted by Crippen LogP contribution is 2.33. The van der Waals surface area contributed by atoms with Gasteiger partial charge in [0, 0.05) is 5.92 Å². The fraction of sp³-hybridized carbons (Fsp3) is 0.385. The summed E-state index contributed by atoms with van der Waals surface area (Å²) in [4.78, 5) is 45.0. The number of imide groups is 1. The minimum absolute atomic E-state index is 0.143. The van der Waals surface area contributed by atoms with E-state index in [2.05, 4.69) is 21.7 Å². The molecule has 182 valence electrons. The van der Waals surface area contributed by atoms with E-state index in [0.29, 0.717) is 18.8 Å². The lowest BCUT2D eigenvalue weighted by atomic mass is 9.93. The summed E-state index contributed by atoms with van der Waals surface area (Å²) in [5, 5.41) is 4.74. The van der Waals surface area contributed by atoms with E-state index >= 15 is 0 Å². The molecular formula is C26H29N5O3S. The Hall–Kier alpha value is -3.30. The summed E-state index contributed by atoms with van der Waals surface area (Å²) in [6.45, 7) is 3.38. The third-order valence-corrected chi connectivity index (χ3v) is 8.07. The van der Waals surface area contributed by atoms with Crippen LogP contribution < -0.4 is 10.7 Å². The van der Waals surface area contributed by atoms with Gasteiger partial charge in [-0.1, -0.05) is 42.5 Å². The number of nitrogens with zero attached hydrogens (tertiary/aromatic N) is 3. The normalized spacial score (nSPS) is 21.5. The van der Waals surface area contributed by atoms with Crippen LogP contribution in [0.4, 0.5) is 4.79 Å². The average Bonchev–Trinajstić information content (AvgIpc) is 3.39. The van der Waals surface area contributed by atoms with Gasteiger partial charge in [0.05, 0.1) is 21.8 Å². The number of amides is 4. The van der Waals surface area contributed by atoms with Crippen LogP contribution in [0.5, 0.6) is 0 Å². The summed E-state index contributed by atoms with van der Waals surface area (Å²) in [6, 6.07) is 17.4. The zero-order valence-electron chi connectivity index (χ0n) is 19.7. The van der Waals surface area contributed by atoms with Crippen molar-refractivity contribution in [2.75, 3.05) is 19.6 Å². The van der Waals surface area contributed by atoms with Gasteiger partial charge in [0.2, 0.25) is 0 Å². The standard InChI is InChI=1S/C26H29N5O3S/c1-26(14-11-18-7-3-2-4-8-18)24(33)31(25(34)28-26)29-22(32)17-30-15-12-19(13-16-30)23-27-20-9-5-6-10-21(20)35-23/h2-10,19H,11-17H2,1H3,(H,28,34)(H,29,32)/t26-/m0/s1. The number of urea groups is 1. The van der Waals surface area contributed by atoms with Crippen molar-refractivity contribution in [3.05, 3.63) is 65.2 Å². The summed E-state index contributed by atoms with van der Waals surface area (Å²) in [5.74, 6) is -0.399. The van der Waals surface area contributed by atoms with E-state index in [4.69, 9.17) is 4.98 Å². The Morgan fingerprint density at radius 2 is 1.83 bits per heavy atom. The zero-order chi connectivity index (χ0) is 24.4. The Morgan fingerprint density at radius 1 is 1.11 bits per heavy atom. The number of thiazole rings is 1. The highest BCUT2D eigenvalue weighted by Gasteiger charge is 2.48. The van der Waals surface area contributed by atoms with Crippen molar-refractivity contribution in [3.8, 4) is 0 Å². The van der Waals surface area contributed by atoms with Crippen LogP contribution in [0.15, 0.2) is 54.6 Å². The van der Waals surface area contributed by atoms with Crippen molar-refractivity contribution in [1.82, 2.24) is 25.6 Å². The molecular weight excluding hydrogens is 462 g/mol. The molecule has 3 heterocycles. The lowest BCUT2D eigenvalue weighted by molar-refractivity contribution is -0.139. The molecule has 1 aromatic heterocycles. The van der Waals surface area contributed by atoms with Gasteiger partial charge in [-0.25, -0.2) is 9.78 Å². The van der Waals surface area contributed by atoms with E-state index in [-0.39, 0.29) is 12.5 Å². The van der Waals surface area contributed by atoms with E-state index in [1.165, 1.54) is 4.70 Å². The summed E-state index contributed by atoms with van der Waals surface area (Å²) in [5.41, 5.74) is 3.61. The van der Waals surface area contributed by atoms with Gasteiger partial charge in [-0.3, -0.25) is 19.9 Å². The van der Waals surface area contributed by atoms with Crippen LogP contribution in [0.25, 0.3) is 10.2 Å². The molecule has 0 bridgehead atoms. The first-order valence-electron chi connectivity index (χ1n) is 12.0. The Bertz CT molecular complexity index is 1210. The number of aromatic nitrogens is 1. The van der Waals surface area contributed by atoms with Gasteiger partial charge in [-0.2, -0.15) is 5.01 Å². The Balaban J connectivity index is 1.12. The van der Waals surface area contributed by atoms with Crippen molar-refractivity contribution in [3.63, 3.8) is 0 Å². The summed E-state index contributed by atoms with van der Waals surface area (Å²) in [6.07, 6.45) is 2.95. The number of carbonyl (C=O) groups excluding carboxylic acids is 3. The lowest BCUT2D eigenvalue weighted by Gasteiger charge is -2.30. The van der Waals surface area contributed by atoms with E-state index in [0.717, 1.165) is 47.0 Å². The van der Waals surface area contributed by atoms with Crippen LogP contribution in [0, 0.1) is 0 Å². The second-order valence-corrected chi connectivity index (χ2v) is 10.6. The predicted molar refractivity (Wildman–Crippen MR) is 135 cm³/mol. The summed E-state index contributed by atoms with van der Waals surface area (Å²) in [7, 11) is 0. The maximum Gasteiger partial charge on any atom is 0.344 e. The molecule has 35 heavy (non-hydrogen) atoms. The third-order valence-electron chi connectivity index (χ3n) is 6.87. The van der Waals surface area contributed by atoms with Crippen LogP contribution in [0.1, 0.15) is 42.7 Å². The zero-order valence-corrected chi connectivity index (χ0v) is 20.5. The number of benzene rings is 2. The van der Waals surface area contributed by atoms with Crippen molar-refractivity contribution in [2.45, 2.75) is 44.1 Å². The van der Waals surface area contributed by atoms with Crippen LogP contribution in [0.3, 0.4) is 0 Å². The quantitative estimate of drug-likeness (QED) is 0.494. The van der Waals surface area contributed by atoms with Gasteiger partial charge in [0.15, 0.2) is 0 Å².